The van der Waals surface area contributed by atoms with E-state index in [1.165, 1.54) is 24.3 Å². The Labute approximate surface area is 121 Å². The molecule has 2 aromatic carbocycles. The Kier molecular flexibility index (Phi) is 4.54. The van der Waals surface area contributed by atoms with Crippen LogP contribution in [0.15, 0.2) is 47.4 Å². The first kappa shape index (κ1) is 15.4. The second-order valence-corrected chi connectivity index (χ2v) is 6.16. The van der Waals surface area contributed by atoms with E-state index in [1.54, 1.807) is 12.1 Å². The van der Waals surface area contributed by atoms with E-state index in [2.05, 4.69) is 4.72 Å². The summed E-state index contributed by atoms with van der Waals surface area (Å²) >= 11 is 0. The summed E-state index contributed by atoms with van der Waals surface area (Å²) < 4.78 is 52.4. The van der Waals surface area contributed by atoms with E-state index in [1.807, 2.05) is 0 Å². The maximum Gasteiger partial charge on any atom is 0.242 e. The Bertz CT molecular complexity index is 731. The maximum absolute atomic E-state index is 13.3. The van der Waals surface area contributed by atoms with E-state index in [-0.39, 0.29) is 17.3 Å². The lowest BCUT2D eigenvalue weighted by Gasteiger charge is -2.09. The van der Waals surface area contributed by atoms with Gasteiger partial charge in [0.1, 0.15) is 16.5 Å². The van der Waals surface area contributed by atoms with Crippen LogP contribution in [0, 0.1) is 11.6 Å². The highest BCUT2D eigenvalue weighted by Crippen LogP contribution is 2.20. The molecule has 3 N–H and O–H groups in total. The van der Waals surface area contributed by atoms with Gasteiger partial charge in [0, 0.05) is 6.54 Å². The molecule has 7 heteroatoms. The summed E-state index contributed by atoms with van der Waals surface area (Å²) in [6, 6.07) is 9.34. The van der Waals surface area contributed by atoms with E-state index in [4.69, 9.17) is 5.73 Å². The summed E-state index contributed by atoms with van der Waals surface area (Å²) in [5, 5.41) is 0. The van der Waals surface area contributed by atoms with Crippen molar-refractivity contribution in [2.24, 2.45) is 0 Å². The van der Waals surface area contributed by atoms with Gasteiger partial charge in [-0.15, -0.1) is 0 Å². The summed E-state index contributed by atoms with van der Waals surface area (Å²) in [4.78, 5) is -0.290. The van der Waals surface area contributed by atoms with Gasteiger partial charge in [-0.2, -0.15) is 0 Å². The zero-order valence-electron chi connectivity index (χ0n) is 11.0. The van der Waals surface area contributed by atoms with Gasteiger partial charge in [0.15, 0.2) is 0 Å². The van der Waals surface area contributed by atoms with Gasteiger partial charge in [-0.1, -0.05) is 18.2 Å². The molecule has 0 fully saturated rings. The Morgan fingerprint density at radius 2 is 1.71 bits per heavy atom. The number of rotatable bonds is 5. The molecule has 2 rings (SSSR count). The number of benzene rings is 2. The van der Waals surface area contributed by atoms with Gasteiger partial charge in [0.2, 0.25) is 10.0 Å². The second-order valence-electron chi connectivity index (χ2n) is 4.43. The van der Waals surface area contributed by atoms with Crippen LogP contribution >= 0.6 is 0 Å². The summed E-state index contributed by atoms with van der Waals surface area (Å²) in [5.41, 5.74) is 5.81. The molecule has 21 heavy (non-hydrogen) atoms. The number of hydrogen-bond donors (Lipinski definition) is 2. The van der Waals surface area contributed by atoms with Crippen molar-refractivity contribution in [3.63, 3.8) is 0 Å². The third-order valence-electron chi connectivity index (χ3n) is 2.92. The number of nitrogen functional groups attached to an aromatic ring is 1. The molecule has 4 nitrogen and oxygen atoms in total. The topological polar surface area (TPSA) is 72.2 Å². The third kappa shape index (κ3) is 3.77. The Morgan fingerprint density at radius 1 is 1.05 bits per heavy atom. The zero-order chi connectivity index (χ0) is 15.5. The fourth-order valence-electron chi connectivity index (χ4n) is 1.81. The molecule has 0 radical (unpaired) electrons. The van der Waals surface area contributed by atoms with Crippen LogP contribution in [0.4, 0.5) is 14.5 Å². The van der Waals surface area contributed by atoms with E-state index >= 15 is 0 Å². The lowest BCUT2D eigenvalue weighted by molar-refractivity contribution is 0.579. The first-order valence-electron chi connectivity index (χ1n) is 6.18. The van der Waals surface area contributed by atoms with Crippen LogP contribution in [0.25, 0.3) is 0 Å². The summed E-state index contributed by atoms with van der Waals surface area (Å²) in [6.45, 7) is 0.101. The molecular weight excluding hydrogens is 298 g/mol. The van der Waals surface area contributed by atoms with Crippen molar-refractivity contribution in [1.29, 1.82) is 0 Å². The predicted molar refractivity (Wildman–Crippen MR) is 76.1 cm³/mol. The molecule has 112 valence electrons. The molecule has 0 amide bonds. The van der Waals surface area contributed by atoms with Gasteiger partial charge in [-0.25, -0.2) is 21.9 Å². The normalized spacial score (nSPS) is 11.5. The van der Waals surface area contributed by atoms with Crippen LogP contribution in [-0.4, -0.2) is 15.0 Å². The highest BCUT2D eigenvalue weighted by atomic mass is 32.2. The van der Waals surface area contributed by atoms with Crippen LogP contribution in [0.2, 0.25) is 0 Å². The summed E-state index contributed by atoms with van der Waals surface area (Å²) in [5.74, 6) is -1.14. The van der Waals surface area contributed by atoms with Gasteiger partial charge in [-0.05, 0) is 36.2 Å². The molecule has 0 bridgehead atoms. The van der Waals surface area contributed by atoms with Gasteiger partial charge < -0.3 is 5.73 Å². The number of halogens is 2. The van der Waals surface area contributed by atoms with E-state index < -0.39 is 21.5 Å². The number of hydrogen-bond acceptors (Lipinski definition) is 3. The largest absolute Gasteiger partial charge is 0.395 e. The fourth-order valence-corrected chi connectivity index (χ4v) is 2.98. The van der Waals surface area contributed by atoms with Crippen LogP contribution in [-0.2, 0) is 16.4 Å². The van der Waals surface area contributed by atoms with Gasteiger partial charge in [-0.3, -0.25) is 0 Å². The average molecular weight is 312 g/mol. The first-order valence-corrected chi connectivity index (χ1v) is 7.66. The number of anilines is 1. The average Bonchev–Trinajstić information content (AvgIpc) is 2.44. The van der Waals surface area contributed by atoms with Gasteiger partial charge in [0.25, 0.3) is 0 Å². The quantitative estimate of drug-likeness (QED) is 0.830. The Balaban J connectivity index is 2.05. The SMILES string of the molecule is Nc1c(F)cccc1S(=O)(=O)NCCc1ccc(F)cc1. The predicted octanol–water partition coefficient (Wildman–Crippen LogP) is 2.07. The molecule has 0 aliphatic rings. The van der Waals surface area contributed by atoms with Crippen LogP contribution < -0.4 is 10.5 Å². The van der Waals surface area contributed by atoms with Crippen molar-refractivity contribution in [1.82, 2.24) is 4.72 Å². The van der Waals surface area contributed by atoms with E-state index in [0.717, 1.165) is 11.6 Å². The summed E-state index contributed by atoms with van der Waals surface area (Å²) in [6.07, 6.45) is 0.384. The molecule has 0 atom stereocenters. The van der Waals surface area contributed by atoms with Crippen LogP contribution in [0.5, 0.6) is 0 Å². The lowest BCUT2D eigenvalue weighted by Crippen LogP contribution is -2.27. The van der Waals surface area contributed by atoms with E-state index in [0.29, 0.717) is 6.42 Å². The number of sulfonamides is 1. The van der Waals surface area contributed by atoms with Crippen LogP contribution in [0.1, 0.15) is 5.56 Å². The molecule has 0 spiro atoms. The number of nitrogens with one attached hydrogen (secondary N) is 1. The molecule has 0 aromatic heterocycles. The molecule has 2 aromatic rings. The molecule has 0 unspecified atom stereocenters. The standard InChI is InChI=1S/C14H14F2N2O2S/c15-11-6-4-10(5-7-11)8-9-18-21(19,20)13-3-1-2-12(16)14(13)17/h1-7,18H,8-9,17H2. The van der Waals surface area contributed by atoms with Gasteiger partial charge >= 0.3 is 0 Å². The van der Waals surface area contributed by atoms with Crippen molar-refractivity contribution < 1.29 is 17.2 Å². The Morgan fingerprint density at radius 3 is 2.38 bits per heavy atom. The minimum Gasteiger partial charge on any atom is -0.395 e. The molecule has 0 saturated heterocycles. The molecular formula is C14H14F2N2O2S. The van der Waals surface area contributed by atoms with Crippen molar-refractivity contribution in [2.75, 3.05) is 12.3 Å². The fraction of sp³-hybridized carbons (Fsp3) is 0.143. The van der Waals surface area contributed by atoms with Crippen molar-refractivity contribution in [3.8, 4) is 0 Å². The first-order chi connectivity index (χ1) is 9.90. The minimum absolute atomic E-state index is 0.101. The summed E-state index contributed by atoms with van der Waals surface area (Å²) in [7, 11) is -3.88. The molecule has 0 saturated carbocycles. The second kappa shape index (κ2) is 6.19. The van der Waals surface area contributed by atoms with E-state index in [9.17, 15) is 17.2 Å². The maximum atomic E-state index is 13.3. The minimum atomic E-state index is -3.88. The molecule has 0 aliphatic heterocycles. The molecule has 0 aliphatic carbocycles. The number of nitrogens with two attached hydrogens (primary N) is 1. The third-order valence-corrected chi connectivity index (χ3v) is 4.44. The smallest absolute Gasteiger partial charge is 0.242 e. The zero-order valence-corrected chi connectivity index (χ0v) is 11.8. The lowest BCUT2D eigenvalue weighted by atomic mass is 10.1. The van der Waals surface area contributed by atoms with Crippen molar-refractivity contribution in [3.05, 3.63) is 59.7 Å². The van der Waals surface area contributed by atoms with Crippen molar-refractivity contribution >= 4 is 15.7 Å². The van der Waals surface area contributed by atoms with Gasteiger partial charge in [0.05, 0.1) is 5.69 Å². The Hall–Kier alpha value is -1.99. The molecule has 0 heterocycles. The van der Waals surface area contributed by atoms with Crippen LogP contribution in [0.3, 0.4) is 0 Å². The highest BCUT2D eigenvalue weighted by molar-refractivity contribution is 7.89. The number of para-hydroxylation sites is 1. The monoisotopic (exact) mass is 312 g/mol. The van der Waals surface area contributed by atoms with Crippen molar-refractivity contribution in [2.45, 2.75) is 11.3 Å². The highest BCUT2D eigenvalue weighted by Gasteiger charge is 2.18.